The first kappa shape index (κ1) is 19.8. The number of rotatable bonds is 4. The molecule has 27 heavy (non-hydrogen) atoms. The minimum Gasteiger partial charge on any atom is -0.320 e. The number of hydrogen-bond donors (Lipinski definition) is 2. The van der Waals surface area contributed by atoms with E-state index in [1.165, 1.54) is 12.1 Å². The Kier molecular flexibility index (Phi) is 4.81. The molecule has 1 aromatic heterocycles. The third-order valence-electron chi connectivity index (χ3n) is 3.88. The third kappa shape index (κ3) is 3.85. The minimum absolute atomic E-state index is 0.0967. The summed E-state index contributed by atoms with van der Waals surface area (Å²) in [4.78, 5) is 1.20. The fourth-order valence-electron chi connectivity index (χ4n) is 2.44. The van der Waals surface area contributed by atoms with Crippen molar-refractivity contribution in [3.8, 4) is 10.4 Å². The molecule has 11 heteroatoms. The van der Waals surface area contributed by atoms with Gasteiger partial charge >= 0.3 is 12.1 Å². The van der Waals surface area contributed by atoms with Crippen molar-refractivity contribution in [2.75, 3.05) is 6.26 Å². The zero-order valence-electron chi connectivity index (χ0n) is 13.6. The van der Waals surface area contributed by atoms with Crippen LogP contribution in [0.15, 0.2) is 47.4 Å². The second-order valence-electron chi connectivity index (χ2n) is 5.91. The monoisotopic (exact) mass is 424 g/mol. The van der Waals surface area contributed by atoms with Crippen LogP contribution in [0.3, 0.4) is 0 Å². The first-order valence-electron chi connectivity index (χ1n) is 7.48. The smallest absolute Gasteiger partial charge is 0.320 e. The summed E-state index contributed by atoms with van der Waals surface area (Å²) in [5.74, 6) is -4.92. The van der Waals surface area contributed by atoms with Gasteiger partial charge in [0.2, 0.25) is 0 Å². The van der Waals surface area contributed by atoms with Crippen molar-refractivity contribution >= 4 is 26.9 Å². The number of thiophene rings is 1. The van der Waals surface area contributed by atoms with Crippen LogP contribution in [-0.4, -0.2) is 32.8 Å². The lowest BCUT2D eigenvalue weighted by atomic mass is 10.1. The molecule has 146 valence electrons. The highest BCUT2D eigenvalue weighted by atomic mass is 32.2. The predicted octanol–water partition coefficient (Wildman–Crippen LogP) is 3.83. The molecule has 1 atom stereocenters. The molecule has 2 aromatic rings. The average molecular weight is 424 g/mol. The van der Waals surface area contributed by atoms with E-state index >= 15 is 0 Å². The molecule has 2 N–H and O–H groups in total. The molecule has 0 aliphatic carbocycles. The number of benzene rings is 1. The van der Waals surface area contributed by atoms with Gasteiger partial charge in [-0.15, -0.1) is 11.3 Å². The molecule has 4 nitrogen and oxygen atoms in total. The van der Waals surface area contributed by atoms with E-state index in [9.17, 15) is 30.4 Å². The summed E-state index contributed by atoms with van der Waals surface area (Å²) in [7, 11) is -3.40. The molecule has 1 aromatic carbocycles. The lowest BCUT2D eigenvalue weighted by Gasteiger charge is -2.23. The van der Waals surface area contributed by atoms with E-state index in [2.05, 4.69) is 5.43 Å². The molecule has 1 aliphatic rings. The van der Waals surface area contributed by atoms with Crippen LogP contribution in [0.1, 0.15) is 4.88 Å². The van der Waals surface area contributed by atoms with Gasteiger partial charge in [-0.3, -0.25) is 0 Å². The number of sulfone groups is 1. The zero-order chi connectivity index (χ0) is 20.0. The Morgan fingerprint density at radius 1 is 1.04 bits per heavy atom. The average Bonchev–Trinajstić information content (AvgIpc) is 3.22. The van der Waals surface area contributed by atoms with Crippen molar-refractivity contribution in [2.24, 2.45) is 0 Å². The molecule has 1 unspecified atom stereocenters. The Morgan fingerprint density at radius 3 is 2.33 bits per heavy atom. The summed E-state index contributed by atoms with van der Waals surface area (Å²) in [6.45, 7) is 0. The molecule has 0 fully saturated rings. The summed E-state index contributed by atoms with van der Waals surface area (Å²) in [5, 5.41) is 0. The number of hydrazine groups is 1. The highest BCUT2D eigenvalue weighted by Gasteiger charge is 2.62. The SMILES string of the molecule is CS(=O)(=O)c1cccc(-c2ccc(C3=CC(C(F)(F)C(F)(F)F)NN3)s2)c1. The number of hydrogen-bond acceptors (Lipinski definition) is 5. The van der Waals surface area contributed by atoms with E-state index in [-0.39, 0.29) is 10.6 Å². The molecule has 1 aliphatic heterocycles. The quantitative estimate of drug-likeness (QED) is 0.733. The summed E-state index contributed by atoms with van der Waals surface area (Å²) >= 11 is 1.13. The molecule has 0 radical (unpaired) electrons. The molecule has 0 saturated carbocycles. The van der Waals surface area contributed by atoms with Gasteiger partial charge in [-0.2, -0.15) is 22.0 Å². The van der Waals surface area contributed by atoms with Crippen LogP contribution in [0, 0.1) is 0 Å². The van der Waals surface area contributed by atoms with E-state index in [0.717, 1.165) is 23.7 Å². The van der Waals surface area contributed by atoms with Crippen LogP contribution in [0.2, 0.25) is 0 Å². The van der Waals surface area contributed by atoms with E-state index in [4.69, 9.17) is 0 Å². The van der Waals surface area contributed by atoms with Gasteiger partial charge in [0.1, 0.15) is 6.04 Å². The lowest BCUT2D eigenvalue weighted by molar-refractivity contribution is -0.287. The van der Waals surface area contributed by atoms with Gasteiger partial charge in [-0.25, -0.2) is 13.8 Å². The van der Waals surface area contributed by atoms with Gasteiger partial charge in [0.05, 0.1) is 15.5 Å². The van der Waals surface area contributed by atoms with E-state index in [1.54, 1.807) is 24.3 Å². The fourth-order valence-corrected chi connectivity index (χ4v) is 4.09. The molecular weight excluding hydrogens is 411 g/mol. The number of halogens is 5. The molecule has 0 spiro atoms. The fraction of sp³-hybridized carbons (Fsp3) is 0.250. The Balaban J connectivity index is 1.88. The Labute approximate surface area is 155 Å². The van der Waals surface area contributed by atoms with Gasteiger partial charge in [0.25, 0.3) is 0 Å². The molecular formula is C16H13F5N2O2S2. The standard InChI is InChI=1S/C16H13F5N2O2S2/c1-27(24,25)10-4-2-3-9(7-10)12-5-6-13(26-12)11-8-14(23-22-11)15(17,18)16(19,20)21/h2-8,14,22-23H,1H3. The number of nitrogens with one attached hydrogen (secondary N) is 2. The van der Waals surface area contributed by atoms with Crippen LogP contribution in [-0.2, 0) is 9.84 Å². The van der Waals surface area contributed by atoms with Gasteiger partial charge in [0.15, 0.2) is 9.84 Å². The Bertz CT molecular complexity index is 996. The van der Waals surface area contributed by atoms with Gasteiger partial charge in [0, 0.05) is 11.1 Å². The first-order chi connectivity index (χ1) is 12.4. The zero-order valence-corrected chi connectivity index (χ0v) is 15.3. The maximum absolute atomic E-state index is 13.4. The predicted molar refractivity (Wildman–Crippen MR) is 91.9 cm³/mol. The summed E-state index contributed by atoms with van der Waals surface area (Å²) in [5.41, 5.74) is 4.98. The summed E-state index contributed by atoms with van der Waals surface area (Å²) in [6.07, 6.45) is -3.81. The second-order valence-corrected chi connectivity index (χ2v) is 9.01. The molecule has 3 rings (SSSR count). The summed E-state index contributed by atoms with van der Waals surface area (Å²) < 4.78 is 87.6. The van der Waals surface area contributed by atoms with Crippen molar-refractivity contribution in [1.82, 2.24) is 10.9 Å². The van der Waals surface area contributed by atoms with Crippen LogP contribution < -0.4 is 10.9 Å². The third-order valence-corrected chi connectivity index (χ3v) is 6.16. The second kappa shape index (κ2) is 6.57. The van der Waals surface area contributed by atoms with E-state index in [1.807, 2.05) is 5.43 Å². The molecule has 0 saturated heterocycles. The van der Waals surface area contributed by atoms with Gasteiger partial charge < -0.3 is 5.43 Å². The van der Waals surface area contributed by atoms with E-state index < -0.39 is 28.0 Å². The van der Waals surface area contributed by atoms with Crippen molar-refractivity contribution in [1.29, 1.82) is 0 Å². The summed E-state index contributed by atoms with van der Waals surface area (Å²) in [6, 6.07) is 7.13. The molecule has 0 bridgehead atoms. The first-order valence-corrected chi connectivity index (χ1v) is 10.2. The Hall–Kier alpha value is -1.98. The topological polar surface area (TPSA) is 58.2 Å². The lowest BCUT2D eigenvalue weighted by Crippen LogP contribution is -2.53. The molecule has 0 amide bonds. The van der Waals surface area contributed by atoms with Crippen LogP contribution in [0.5, 0.6) is 0 Å². The van der Waals surface area contributed by atoms with E-state index in [0.29, 0.717) is 15.3 Å². The Morgan fingerprint density at radius 2 is 1.70 bits per heavy atom. The van der Waals surface area contributed by atoms with Crippen molar-refractivity contribution in [3.63, 3.8) is 0 Å². The maximum atomic E-state index is 13.4. The normalized spacial score (nSPS) is 18.3. The highest BCUT2D eigenvalue weighted by molar-refractivity contribution is 7.90. The number of alkyl halides is 5. The van der Waals surface area contributed by atoms with Gasteiger partial charge in [-0.05, 0) is 35.9 Å². The van der Waals surface area contributed by atoms with Crippen molar-refractivity contribution < 1.29 is 30.4 Å². The van der Waals surface area contributed by atoms with Crippen molar-refractivity contribution in [3.05, 3.63) is 47.4 Å². The largest absolute Gasteiger partial charge is 0.455 e. The minimum atomic E-state index is -5.68. The maximum Gasteiger partial charge on any atom is 0.455 e. The highest BCUT2D eigenvalue weighted by Crippen LogP contribution is 2.41. The molecule has 2 heterocycles. The van der Waals surface area contributed by atoms with Crippen LogP contribution >= 0.6 is 11.3 Å². The van der Waals surface area contributed by atoms with Crippen molar-refractivity contribution in [2.45, 2.75) is 23.0 Å². The van der Waals surface area contributed by atoms with Crippen LogP contribution in [0.25, 0.3) is 16.1 Å². The van der Waals surface area contributed by atoms with Gasteiger partial charge in [-0.1, -0.05) is 12.1 Å². The van der Waals surface area contributed by atoms with Crippen LogP contribution in [0.4, 0.5) is 22.0 Å².